The smallest absolute Gasteiger partial charge is 0.269 e. The number of ether oxygens (including phenoxy) is 1. The van der Waals surface area contributed by atoms with Crippen LogP contribution < -0.4 is 10.1 Å². The fourth-order valence-electron chi connectivity index (χ4n) is 1.63. The Kier molecular flexibility index (Phi) is 5.66. The van der Waals surface area contributed by atoms with Gasteiger partial charge in [-0.2, -0.15) is 0 Å². The molecule has 0 spiro atoms. The molecule has 7 nitrogen and oxygen atoms in total. The standard InChI is InChI=1S/C16H13N3O4/c20-16(13-5-7-14(8-6-13)19(21)22)18-10-1-2-11-23-15-4-3-9-17-12-15/h3-9,12H,10-11H2,(H,18,20). The van der Waals surface area contributed by atoms with Gasteiger partial charge in [-0.25, -0.2) is 0 Å². The van der Waals surface area contributed by atoms with E-state index >= 15 is 0 Å². The van der Waals surface area contributed by atoms with E-state index in [1.807, 2.05) is 0 Å². The minimum Gasteiger partial charge on any atom is -0.479 e. The monoisotopic (exact) mass is 311 g/mol. The average Bonchev–Trinajstić information content (AvgIpc) is 2.58. The van der Waals surface area contributed by atoms with E-state index < -0.39 is 4.92 Å². The molecule has 0 atom stereocenters. The molecule has 0 aliphatic rings. The van der Waals surface area contributed by atoms with E-state index in [9.17, 15) is 14.9 Å². The highest BCUT2D eigenvalue weighted by Gasteiger charge is 2.08. The van der Waals surface area contributed by atoms with Crippen molar-refractivity contribution in [1.82, 2.24) is 10.3 Å². The normalized spacial score (nSPS) is 9.39. The van der Waals surface area contributed by atoms with Crippen LogP contribution in [0.5, 0.6) is 5.75 Å². The van der Waals surface area contributed by atoms with Gasteiger partial charge >= 0.3 is 0 Å². The number of nitro benzene ring substituents is 1. The van der Waals surface area contributed by atoms with Crippen LogP contribution >= 0.6 is 0 Å². The number of rotatable bonds is 5. The molecule has 0 fully saturated rings. The van der Waals surface area contributed by atoms with Crippen LogP contribution in [-0.2, 0) is 0 Å². The second-order valence-corrected chi connectivity index (χ2v) is 4.32. The van der Waals surface area contributed by atoms with Crippen LogP contribution in [0.3, 0.4) is 0 Å². The molecule has 1 amide bonds. The van der Waals surface area contributed by atoms with E-state index in [0.29, 0.717) is 11.3 Å². The Morgan fingerprint density at radius 3 is 2.70 bits per heavy atom. The van der Waals surface area contributed by atoms with Gasteiger partial charge in [-0.1, -0.05) is 11.8 Å². The molecule has 116 valence electrons. The van der Waals surface area contributed by atoms with E-state index in [4.69, 9.17) is 4.74 Å². The number of nitrogens with zero attached hydrogens (tertiary/aromatic N) is 2. The number of nitrogens with one attached hydrogen (secondary N) is 1. The van der Waals surface area contributed by atoms with Crippen molar-refractivity contribution in [2.75, 3.05) is 13.2 Å². The summed E-state index contributed by atoms with van der Waals surface area (Å²) in [6.45, 7) is 0.352. The van der Waals surface area contributed by atoms with E-state index in [1.54, 1.807) is 24.5 Å². The molecule has 1 aromatic carbocycles. The summed E-state index contributed by atoms with van der Waals surface area (Å²) in [5.41, 5.74) is 0.276. The van der Waals surface area contributed by atoms with Crippen LogP contribution in [0.4, 0.5) is 5.69 Å². The largest absolute Gasteiger partial charge is 0.479 e. The number of nitro groups is 1. The first-order chi connectivity index (χ1) is 11.2. The van der Waals surface area contributed by atoms with Crippen LogP contribution in [0, 0.1) is 22.0 Å². The van der Waals surface area contributed by atoms with Gasteiger partial charge in [0.15, 0.2) is 0 Å². The van der Waals surface area contributed by atoms with E-state index in [-0.39, 0.29) is 24.7 Å². The van der Waals surface area contributed by atoms with Crippen molar-refractivity contribution in [3.63, 3.8) is 0 Å². The number of hydrogen-bond donors (Lipinski definition) is 1. The summed E-state index contributed by atoms with van der Waals surface area (Å²) in [5.74, 6) is 5.79. The summed E-state index contributed by atoms with van der Waals surface area (Å²) in [4.78, 5) is 25.7. The molecule has 1 N–H and O–H groups in total. The molecule has 7 heteroatoms. The maximum absolute atomic E-state index is 11.8. The molecule has 0 aliphatic carbocycles. The zero-order chi connectivity index (χ0) is 16.5. The molecule has 0 saturated heterocycles. The van der Waals surface area contributed by atoms with Crippen molar-refractivity contribution >= 4 is 11.6 Å². The Morgan fingerprint density at radius 1 is 1.26 bits per heavy atom. The molecule has 23 heavy (non-hydrogen) atoms. The molecular formula is C16H13N3O4. The quantitative estimate of drug-likeness (QED) is 0.516. The minimum atomic E-state index is -0.518. The van der Waals surface area contributed by atoms with Crippen molar-refractivity contribution in [3.8, 4) is 17.6 Å². The number of benzene rings is 1. The first kappa shape index (κ1) is 16.0. The van der Waals surface area contributed by atoms with Gasteiger partial charge in [0.05, 0.1) is 17.7 Å². The van der Waals surface area contributed by atoms with Crippen LogP contribution in [0.15, 0.2) is 48.8 Å². The van der Waals surface area contributed by atoms with Crippen LogP contribution in [0.25, 0.3) is 0 Å². The zero-order valence-corrected chi connectivity index (χ0v) is 12.1. The second kappa shape index (κ2) is 8.14. The molecule has 1 aromatic heterocycles. The number of aromatic nitrogens is 1. The van der Waals surface area contributed by atoms with Gasteiger partial charge in [-0.3, -0.25) is 19.9 Å². The lowest BCUT2D eigenvalue weighted by molar-refractivity contribution is -0.384. The Balaban J connectivity index is 1.74. The Hall–Kier alpha value is -3.40. The minimum absolute atomic E-state index is 0.0612. The lowest BCUT2D eigenvalue weighted by Gasteiger charge is -2.01. The van der Waals surface area contributed by atoms with E-state index in [1.165, 1.54) is 24.3 Å². The van der Waals surface area contributed by atoms with Crippen LogP contribution in [0.1, 0.15) is 10.4 Å². The van der Waals surface area contributed by atoms with Gasteiger partial charge in [-0.05, 0) is 24.3 Å². The summed E-state index contributed by atoms with van der Waals surface area (Å²) in [5, 5.41) is 13.1. The summed E-state index contributed by atoms with van der Waals surface area (Å²) in [6, 6.07) is 8.88. The molecule has 0 aliphatic heterocycles. The number of carbonyl (C=O) groups is 1. The molecule has 0 radical (unpaired) electrons. The number of amides is 1. The molecule has 0 unspecified atom stereocenters. The number of carbonyl (C=O) groups excluding carboxylic acids is 1. The molecule has 0 saturated carbocycles. The Bertz CT molecular complexity index is 733. The molecule has 2 aromatic rings. The molecule has 1 heterocycles. The van der Waals surface area contributed by atoms with Gasteiger partial charge in [0.1, 0.15) is 12.4 Å². The van der Waals surface area contributed by atoms with Gasteiger partial charge in [-0.15, -0.1) is 0 Å². The van der Waals surface area contributed by atoms with Crippen molar-refractivity contribution in [2.45, 2.75) is 0 Å². The van der Waals surface area contributed by atoms with Crippen molar-refractivity contribution in [1.29, 1.82) is 0 Å². The highest BCUT2D eigenvalue weighted by atomic mass is 16.6. The van der Waals surface area contributed by atoms with E-state index in [0.717, 1.165) is 0 Å². The lowest BCUT2D eigenvalue weighted by atomic mass is 10.2. The zero-order valence-electron chi connectivity index (χ0n) is 12.1. The predicted molar refractivity (Wildman–Crippen MR) is 82.9 cm³/mol. The molecule has 0 bridgehead atoms. The highest BCUT2D eigenvalue weighted by Crippen LogP contribution is 2.11. The third-order valence-corrected chi connectivity index (χ3v) is 2.75. The predicted octanol–water partition coefficient (Wildman–Crippen LogP) is 1.80. The van der Waals surface area contributed by atoms with E-state index in [2.05, 4.69) is 22.1 Å². The van der Waals surface area contributed by atoms with Gasteiger partial charge in [0.2, 0.25) is 0 Å². The maximum Gasteiger partial charge on any atom is 0.269 e. The number of hydrogen-bond acceptors (Lipinski definition) is 5. The third-order valence-electron chi connectivity index (χ3n) is 2.75. The third kappa shape index (κ3) is 5.13. The topological polar surface area (TPSA) is 94.4 Å². The first-order valence-corrected chi connectivity index (χ1v) is 6.68. The van der Waals surface area contributed by atoms with Crippen molar-refractivity contribution < 1.29 is 14.5 Å². The summed E-state index contributed by atoms with van der Waals surface area (Å²) in [7, 11) is 0. The fraction of sp³-hybridized carbons (Fsp3) is 0.125. The summed E-state index contributed by atoms with van der Waals surface area (Å²) in [6.07, 6.45) is 3.23. The second-order valence-electron chi connectivity index (χ2n) is 4.32. The van der Waals surface area contributed by atoms with Crippen molar-refractivity contribution in [3.05, 3.63) is 64.5 Å². The van der Waals surface area contributed by atoms with Crippen molar-refractivity contribution in [2.24, 2.45) is 0 Å². The van der Waals surface area contributed by atoms with Crippen LogP contribution in [-0.4, -0.2) is 29.0 Å². The van der Waals surface area contributed by atoms with Gasteiger partial charge in [0.25, 0.3) is 11.6 Å². The first-order valence-electron chi connectivity index (χ1n) is 6.68. The Morgan fingerprint density at radius 2 is 2.04 bits per heavy atom. The van der Waals surface area contributed by atoms with Crippen LogP contribution in [0.2, 0.25) is 0 Å². The SMILES string of the molecule is O=C(NCC#CCOc1cccnc1)c1ccc([N+](=O)[O-])cc1. The highest BCUT2D eigenvalue weighted by molar-refractivity contribution is 5.94. The number of non-ortho nitro benzene ring substituents is 1. The Labute approximate surface area is 132 Å². The average molecular weight is 311 g/mol. The number of pyridine rings is 1. The van der Waals surface area contributed by atoms with Gasteiger partial charge < -0.3 is 10.1 Å². The molecular weight excluding hydrogens is 298 g/mol. The lowest BCUT2D eigenvalue weighted by Crippen LogP contribution is -2.23. The summed E-state index contributed by atoms with van der Waals surface area (Å²) < 4.78 is 5.32. The molecule has 2 rings (SSSR count). The maximum atomic E-state index is 11.8. The summed E-state index contributed by atoms with van der Waals surface area (Å²) >= 11 is 0. The van der Waals surface area contributed by atoms with Gasteiger partial charge in [0, 0.05) is 23.9 Å². The fourth-order valence-corrected chi connectivity index (χ4v) is 1.63.